The van der Waals surface area contributed by atoms with Gasteiger partial charge in [-0.3, -0.25) is 4.55 Å². The first kappa shape index (κ1) is 30.6. The van der Waals surface area contributed by atoms with Crippen molar-refractivity contribution in [3.63, 3.8) is 0 Å². The quantitative estimate of drug-likeness (QED) is 0.205. The third-order valence-corrected chi connectivity index (χ3v) is 6.86. The highest BCUT2D eigenvalue weighted by Crippen LogP contribution is 2.29. The van der Waals surface area contributed by atoms with E-state index in [-0.39, 0.29) is 6.61 Å². The number of benzene rings is 1. The molecule has 0 saturated carbocycles. The minimum absolute atomic E-state index is 0.309. The van der Waals surface area contributed by atoms with Crippen molar-refractivity contribution in [1.29, 1.82) is 0 Å². The van der Waals surface area contributed by atoms with Crippen LogP contribution in [0, 0.1) is 11.8 Å². The fourth-order valence-electron chi connectivity index (χ4n) is 3.47. The van der Waals surface area contributed by atoms with Crippen molar-refractivity contribution >= 4 is 10.1 Å². The molecule has 0 amide bonds. The van der Waals surface area contributed by atoms with Gasteiger partial charge in [-0.05, 0) is 42.9 Å². The van der Waals surface area contributed by atoms with Gasteiger partial charge >= 0.3 is 15.4 Å². The van der Waals surface area contributed by atoms with Gasteiger partial charge in [-0.15, -0.1) is 0 Å². The maximum atomic E-state index is 13.6. The van der Waals surface area contributed by atoms with E-state index in [2.05, 4.69) is 27.7 Å². The summed E-state index contributed by atoms with van der Waals surface area (Å²) in [5, 5.41) is -4.39. The van der Waals surface area contributed by atoms with Crippen LogP contribution in [-0.4, -0.2) is 38.0 Å². The van der Waals surface area contributed by atoms with E-state index in [0.717, 1.165) is 51.4 Å². The second-order valence-corrected chi connectivity index (χ2v) is 10.4. The van der Waals surface area contributed by atoms with Crippen molar-refractivity contribution in [2.75, 3.05) is 19.8 Å². The van der Waals surface area contributed by atoms with Crippen molar-refractivity contribution in [2.24, 2.45) is 11.8 Å². The van der Waals surface area contributed by atoms with Crippen molar-refractivity contribution in [3.05, 3.63) is 23.8 Å². The predicted molar refractivity (Wildman–Crippen MR) is 130 cm³/mol. The third kappa shape index (κ3) is 10.9. The van der Waals surface area contributed by atoms with Crippen LogP contribution in [0.1, 0.15) is 84.6 Å². The molecule has 1 aromatic rings. The molecule has 1 rings (SSSR count). The van der Waals surface area contributed by atoms with Gasteiger partial charge in [-0.25, -0.2) is 0 Å². The smallest absolute Gasteiger partial charge is 0.392 e. The van der Waals surface area contributed by atoms with Gasteiger partial charge in [-0.2, -0.15) is 17.2 Å². The van der Waals surface area contributed by atoms with E-state index in [1.54, 1.807) is 18.2 Å². The molecule has 0 aliphatic heterocycles. The predicted octanol–water partition coefficient (Wildman–Crippen LogP) is 6.87. The lowest BCUT2D eigenvalue weighted by molar-refractivity contribution is -0.0270. The number of alkyl halides is 2. The van der Waals surface area contributed by atoms with E-state index in [1.165, 1.54) is 0 Å². The Morgan fingerprint density at radius 1 is 0.941 bits per heavy atom. The van der Waals surface area contributed by atoms with Crippen molar-refractivity contribution < 1.29 is 36.0 Å². The molecule has 1 aromatic carbocycles. The average molecular weight is 509 g/mol. The summed E-state index contributed by atoms with van der Waals surface area (Å²) in [5.41, 5.74) is 0.482. The molecule has 0 fully saturated rings. The molecule has 0 bridgehead atoms. The van der Waals surface area contributed by atoms with Crippen LogP contribution in [0.4, 0.5) is 8.78 Å². The molecule has 6 nitrogen and oxygen atoms in total. The maximum Gasteiger partial charge on any atom is 0.392 e. The van der Waals surface area contributed by atoms with E-state index in [1.807, 2.05) is 0 Å². The Hall–Kier alpha value is -1.45. The maximum absolute atomic E-state index is 13.6. The van der Waals surface area contributed by atoms with Gasteiger partial charge in [0, 0.05) is 5.56 Å². The molecular formula is C25H42F2O6S. The van der Waals surface area contributed by atoms with Crippen LogP contribution in [-0.2, 0) is 21.5 Å². The molecule has 0 radical (unpaired) electrons. The van der Waals surface area contributed by atoms with Crippen LogP contribution in [0.3, 0.4) is 0 Å². The number of hydrogen-bond acceptors (Lipinski definition) is 5. The van der Waals surface area contributed by atoms with Crippen LogP contribution in [0.15, 0.2) is 18.2 Å². The number of hydrogen-bond donors (Lipinski definition) is 1. The van der Waals surface area contributed by atoms with E-state index >= 15 is 0 Å². The first-order valence-electron chi connectivity index (χ1n) is 12.4. The first-order chi connectivity index (χ1) is 16.1. The highest BCUT2D eigenvalue weighted by atomic mass is 32.2. The monoisotopic (exact) mass is 508 g/mol. The van der Waals surface area contributed by atoms with Crippen molar-refractivity contribution in [2.45, 2.75) is 90.9 Å². The van der Waals surface area contributed by atoms with Crippen molar-refractivity contribution in [1.82, 2.24) is 0 Å². The molecule has 9 heteroatoms. The highest BCUT2D eigenvalue weighted by Gasteiger charge is 2.44. The van der Waals surface area contributed by atoms with Crippen LogP contribution in [0.25, 0.3) is 0 Å². The lowest BCUT2D eigenvalue weighted by Gasteiger charge is -2.20. The molecule has 2 atom stereocenters. The van der Waals surface area contributed by atoms with Crippen LogP contribution in [0.5, 0.6) is 11.5 Å². The lowest BCUT2D eigenvalue weighted by Crippen LogP contribution is -2.33. The van der Waals surface area contributed by atoms with Crippen LogP contribution < -0.4 is 9.47 Å². The number of unbranched alkanes of at least 4 members (excludes halogenated alkanes) is 2. The Kier molecular flexibility index (Phi) is 14.0. The average Bonchev–Trinajstić information content (AvgIpc) is 2.79. The summed E-state index contributed by atoms with van der Waals surface area (Å²) < 4.78 is 74.4. The molecule has 2 unspecified atom stereocenters. The summed E-state index contributed by atoms with van der Waals surface area (Å²) in [4.78, 5) is 0. The van der Waals surface area contributed by atoms with Gasteiger partial charge in [-0.1, -0.05) is 66.2 Å². The Morgan fingerprint density at radius 3 is 2.00 bits per heavy atom. The molecular weight excluding hydrogens is 466 g/mol. The molecule has 0 aliphatic carbocycles. The van der Waals surface area contributed by atoms with Gasteiger partial charge in [0.1, 0.15) is 18.1 Å². The molecule has 1 N–H and O–H groups in total. The molecule has 0 aromatic heterocycles. The fraction of sp³-hybridized carbons (Fsp3) is 0.760. The molecule has 0 spiro atoms. The number of rotatable bonds is 19. The second kappa shape index (κ2) is 15.5. The summed E-state index contributed by atoms with van der Waals surface area (Å²) in [6.07, 6.45) is 8.53. The molecule has 0 saturated heterocycles. The zero-order valence-corrected chi connectivity index (χ0v) is 21.8. The number of ether oxygens (including phenoxy) is 3. The van der Waals surface area contributed by atoms with Gasteiger partial charge in [0.15, 0.2) is 0 Å². The second-order valence-electron chi connectivity index (χ2n) is 8.83. The summed E-state index contributed by atoms with van der Waals surface area (Å²) in [6.45, 7) is 7.77. The third-order valence-electron chi connectivity index (χ3n) is 5.98. The highest BCUT2D eigenvalue weighted by molar-refractivity contribution is 7.86. The zero-order valence-electron chi connectivity index (χ0n) is 21.0. The van der Waals surface area contributed by atoms with Gasteiger partial charge < -0.3 is 14.2 Å². The largest absolute Gasteiger partial charge is 0.493 e. The van der Waals surface area contributed by atoms with Crippen molar-refractivity contribution in [3.8, 4) is 11.5 Å². The Balaban J connectivity index is 2.93. The lowest BCUT2D eigenvalue weighted by atomic mass is 10.0. The Morgan fingerprint density at radius 2 is 1.50 bits per heavy atom. The number of halogens is 2. The van der Waals surface area contributed by atoms with E-state index < -0.39 is 22.0 Å². The van der Waals surface area contributed by atoms with Gasteiger partial charge in [0.05, 0.1) is 19.8 Å². The Labute approximate surface area is 204 Å². The SMILES string of the molecule is CCCCC(CC)COc1ccc(OCC(CC)CCCC)c(COCC(F)(F)S(=O)(=O)O)c1. The Bertz CT molecular complexity index is 801. The standard InChI is InChI=1S/C25H42F2O6S/c1-5-9-11-20(7-3)16-32-23-13-14-24(33-17-21(8-4)12-10-6-2)22(15-23)18-31-19-25(26,27)34(28,29)30/h13-15,20-21H,5-12,16-19H2,1-4H3,(H,28,29,30). The van der Waals surface area contributed by atoms with Gasteiger partial charge in [0.2, 0.25) is 0 Å². The topological polar surface area (TPSA) is 82.1 Å². The first-order valence-corrected chi connectivity index (χ1v) is 13.8. The summed E-state index contributed by atoms with van der Waals surface area (Å²) in [6, 6.07) is 5.19. The molecule has 0 aliphatic rings. The summed E-state index contributed by atoms with van der Waals surface area (Å²) in [7, 11) is -5.55. The van der Waals surface area contributed by atoms with Gasteiger partial charge in [0.25, 0.3) is 0 Å². The minimum Gasteiger partial charge on any atom is -0.493 e. The minimum atomic E-state index is -5.55. The zero-order chi connectivity index (χ0) is 25.6. The van der Waals surface area contributed by atoms with Crippen LogP contribution in [0.2, 0.25) is 0 Å². The van der Waals surface area contributed by atoms with E-state index in [0.29, 0.717) is 42.1 Å². The fourth-order valence-corrected chi connectivity index (χ4v) is 3.70. The van der Waals surface area contributed by atoms with Crippen LogP contribution >= 0.6 is 0 Å². The normalized spacial score (nSPS) is 14.1. The van der Waals surface area contributed by atoms with E-state index in [9.17, 15) is 17.2 Å². The molecule has 34 heavy (non-hydrogen) atoms. The summed E-state index contributed by atoms with van der Waals surface area (Å²) >= 11 is 0. The summed E-state index contributed by atoms with van der Waals surface area (Å²) in [5.74, 6) is 1.85. The molecule has 198 valence electrons. The molecule has 0 heterocycles. The van der Waals surface area contributed by atoms with E-state index in [4.69, 9.17) is 18.8 Å².